The standard InChI is InChI=1S/C11H12N2S/c14-7-6-10-8-12-13-11(10)9-4-2-1-3-5-9/h1-5,8,14H,6-7H2,(H,12,13). The van der Waals surface area contributed by atoms with E-state index in [1.54, 1.807) is 0 Å². The van der Waals surface area contributed by atoms with Crippen molar-refractivity contribution < 1.29 is 0 Å². The third kappa shape index (κ3) is 1.82. The van der Waals surface area contributed by atoms with Gasteiger partial charge in [0.2, 0.25) is 0 Å². The van der Waals surface area contributed by atoms with Crippen LogP contribution in [0.1, 0.15) is 5.56 Å². The van der Waals surface area contributed by atoms with Crippen LogP contribution in [-0.4, -0.2) is 16.0 Å². The van der Waals surface area contributed by atoms with E-state index in [-0.39, 0.29) is 0 Å². The molecule has 0 spiro atoms. The van der Waals surface area contributed by atoms with Crippen molar-refractivity contribution in [2.24, 2.45) is 0 Å². The van der Waals surface area contributed by atoms with Crippen molar-refractivity contribution in [1.29, 1.82) is 0 Å². The number of rotatable bonds is 3. The Hall–Kier alpha value is -1.22. The Morgan fingerprint density at radius 2 is 2.00 bits per heavy atom. The van der Waals surface area contributed by atoms with E-state index in [1.807, 2.05) is 24.4 Å². The zero-order valence-corrected chi connectivity index (χ0v) is 8.67. The van der Waals surface area contributed by atoms with Gasteiger partial charge in [0.25, 0.3) is 0 Å². The molecule has 1 aromatic heterocycles. The SMILES string of the molecule is SCCc1cn[nH]c1-c1ccccc1. The van der Waals surface area contributed by atoms with Crippen molar-refractivity contribution in [2.75, 3.05) is 5.75 Å². The van der Waals surface area contributed by atoms with E-state index in [9.17, 15) is 0 Å². The molecule has 0 unspecified atom stereocenters. The smallest absolute Gasteiger partial charge is 0.0682 e. The van der Waals surface area contributed by atoms with E-state index in [0.29, 0.717) is 0 Å². The van der Waals surface area contributed by atoms with Crippen molar-refractivity contribution in [2.45, 2.75) is 6.42 Å². The number of thiol groups is 1. The lowest BCUT2D eigenvalue weighted by Crippen LogP contribution is -1.87. The first kappa shape index (κ1) is 9.34. The lowest BCUT2D eigenvalue weighted by molar-refractivity contribution is 1.10. The predicted molar refractivity (Wildman–Crippen MR) is 61.6 cm³/mol. The minimum Gasteiger partial charge on any atom is -0.278 e. The summed E-state index contributed by atoms with van der Waals surface area (Å²) in [4.78, 5) is 0. The van der Waals surface area contributed by atoms with Crippen molar-refractivity contribution in [3.05, 3.63) is 42.1 Å². The molecule has 2 rings (SSSR count). The van der Waals surface area contributed by atoms with Gasteiger partial charge in [0.15, 0.2) is 0 Å². The zero-order chi connectivity index (χ0) is 9.80. The van der Waals surface area contributed by atoms with Gasteiger partial charge in [0.05, 0.1) is 11.9 Å². The molecule has 0 fully saturated rings. The Balaban J connectivity index is 2.37. The fourth-order valence-electron chi connectivity index (χ4n) is 1.48. The summed E-state index contributed by atoms with van der Waals surface area (Å²) in [6.07, 6.45) is 2.82. The number of H-pyrrole nitrogens is 1. The van der Waals surface area contributed by atoms with Gasteiger partial charge in [0.1, 0.15) is 0 Å². The maximum atomic E-state index is 4.23. The van der Waals surface area contributed by atoms with Gasteiger partial charge in [-0.15, -0.1) is 0 Å². The number of nitrogens with one attached hydrogen (secondary N) is 1. The Bertz CT molecular complexity index is 395. The fourth-order valence-corrected chi connectivity index (χ4v) is 1.72. The van der Waals surface area contributed by atoms with Gasteiger partial charge >= 0.3 is 0 Å². The molecule has 14 heavy (non-hydrogen) atoms. The molecule has 2 nitrogen and oxygen atoms in total. The zero-order valence-electron chi connectivity index (χ0n) is 7.77. The van der Waals surface area contributed by atoms with Gasteiger partial charge in [0, 0.05) is 0 Å². The molecule has 0 bridgehead atoms. The maximum absolute atomic E-state index is 4.23. The summed E-state index contributed by atoms with van der Waals surface area (Å²) in [7, 11) is 0. The Labute approximate surface area is 88.8 Å². The predicted octanol–water partition coefficient (Wildman–Crippen LogP) is 2.55. The molecule has 3 heteroatoms. The Morgan fingerprint density at radius 1 is 1.21 bits per heavy atom. The summed E-state index contributed by atoms with van der Waals surface area (Å²) < 4.78 is 0. The topological polar surface area (TPSA) is 28.7 Å². The lowest BCUT2D eigenvalue weighted by atomic mass is 10.1. The van der Waals surface area contributed by atoms with E-state index in [2.05, 4.69) is 35.0 Å². The summed E-state index contributed by atoms with van der Waals surface area (Å²) >= 11 is 4.23. The van der Waals surface area contributed by atoms with E-state index >= 15 is 0 Å². The third-order valence-corrected chi connectivity index (χ3v) is 2.39. The summed E-state index contributed by atoms with van der Waals surface area (Å²) in [5.41, 5.74) is 3.52. The highest BCUT2D eigenvalue weighted by Crippen LogP contribution is 2.20. The summed E-state index contributed by atoms with van der Waals surface area (Å²) in [5, 5.41) is 7.08. The van der Waals surface area contributed by atoms with E-state index in [0.717, 1.165) is 17.9 Å². The summed E-state index contributed by atoms with van der Waals surface area (Å²) in [6.45, 7) is 0. The number of benzene rings is 1. The van der Waals surface area contributed by atoms with Crippen LogP contribution in [0.15, 0.2) is 36.5 Å². The molecular formula is C11H12N2S. The second-order valence-corrected chi connectivity index (χ2v) is 3.56. The minimum atomic E-state index is 0.847. The van der Waals surface area contributed by atoms with Crippen LogP contribution in [0.2, 0.25) is 0 Å². The number of nitrogens with zero attached hydrogens (tertiary/aromatic N) is 1. The van der Waals surface area contributed by atoms with Crippen LogP contribution in [0, 0.1) is 0 Å². The van der Waals surface area contributed by atoms with Gasteiger partial charge in [-0.3, -0.25) is 5.10 Å². The van der Waals surface area contributed by atoms with E-state index in [4.69, 9.17) is 0 Å². The second-order valence-electron chi connectivity index (χ2n) is 3.11. The van der Waals surface area contributed by atoms with Crippen LogP contribution in [-0.2, 0) is 6.42 Å². The quantitative estimate of drug-likeness (QED) is 0.739. The molecule has 2 aromatic rings. The Kier molecular flexibility index (Phi) is 2.89. The number of aromatic nitrogens is 2. The maximum Gasteiger partial charge on any atom is 0.0682 e. The molecule has 0 saturated heterocycles. The van der Waals surface area contributed by atoms with E-state index < -0.39 is 0 Å². The minimum absolute atomic E-state index is 0.847. The van der Waals surface area contributed by atoms with Crippen LogP contribution in [0.4, 0.5) is 0 Å². The number of aromatic amines is 1. The molecule has 0 saturated carbocycles. The first-order valence-corrected chi connectivity index (χ1v) is 5.23. The number of hydrogen-bond donors (Lipinski definition) is 2. The summed E-state index contributed by atoms with van der Waals surface area (Å²) in [6, 6.07) is 10.2. The van der Waals surface area contributed by atoms with Gasteiger partial charge in [-0.1, -0.05) is 30.3 Å². The highest BCUT2D eigenvalue weighted by molar-refractivity contribution is 7.80. The van der Waals surface area contributed by atoms with Gasteiger partial charge < -0.3 is 0 Å². The molecule has 0 aliphatic heterocycles. The average molecular weight is 204 g/mol. The molecule has 72 valence electrons. The van der Waals surface area contributed by atoms with Crippen LogP contribution in [0.5, 0.6) is 0 Å². The molecule has 0 amide bonds. The Morgan fingerprint density at radius 3 is 2.71 bits per heavy atom. The fraction of sp³-hybridized carbons (Fsp3) is 0.182. The van der Waals surface area contributed by atoms with Gasteiger partial charge in [-0.05, 0) is 23.3 Å². The van der Waals surface area contributed by atoms with Crippen molar-refractivity contribution >= 4 is 12.6 Å². The normalized spacial score (nSPS) is 10.4. The molecule has 0 radical (unpaired) electrons. The van der Waals surface area contributed by atoms with Crippen molar-refractivity contribution in [3.8, 4) is 11.3 Å². The molecule has 1 N–H and O–H groups in total. The summed E-state index contributed by atoms with van der Waals surface area (Å²) in [5.74, 6) is 0.847. The first-order chi connectivity index (χ1) is 6.92. The number of aryl methyl sites for hydroxylation is 1. The largest absolute Gasteiger partial charge is 0.278 e. The van der Waals surface area contributed by atoms with E-state index in [1.165, 1.54) is 11.1 Å². The van der Waals surface area contributed by atoms with Crippen LogP contribution in [0.3, 0.4) is 0 Å². The van der Waals surface area contributed by atoms with Crippen molar-refractivity contribution in [3.63, 3.8) is 0 Å². The van der Waals surface area contributed by atoms with Crippen LogP contribution in [0.25, 0.3) is 11.3 Å². The number of hydrogen-bond acceptors (Lipinski definition) is 2. The lowest BCUT2D eigenvalue weighted by Gasteiger charge is -2.00. The van der Waals surface area contributed by atoms with Gasteiger partial charge in [-0.2, -0.15) is 17.7 Å². The molecule has 1 heterocycles. The molecule has 0 atom stereocenters. The molecular weight excluding hydrogens is 192 g/mol. The highest BCUT2D eigenvalue weighted by Gasteiger charge is 2.05. The molecule has 0 aliphatic rings. The van der Waals surface area contributed by atoms with Crippen LogP contribution < -0.4 is 0 Å². The van der Waals surface area contributed by atoms with Gasteiger partial charge in [-0.25, -0.2) is 0 Å². The molecule has 0 aliphatic carbocycles. The molecule has 1 aromatic carbocycles. The highest BCUT2D eigenvalue weighted by atomic mass is 32.1. The first-order valence-electron chi connectivity index (χ1n) is 4.60. The third-order valence-electron chi connectivity index (χ3n) is 2.16. The van der Waals surface area contributed by atoms with Crippen molar-refractivity contribution in [1.82, 2.24) is 10.2 Å². The monoisotopic (exact) mass is 204 g/mol. The second kappa shape index (κ2) is 4.33. The van der Waals surface area contributed by atoms with Crippen LogP contribution >= 0.6 is 12.6 Å². The average Bonchev–Trinajstić information content (AvgIpc) is 2.68.